The summed E-state index contributed by atoms with van der Waals surface area (Å²) in [6.07, 6.45) is 0.385. The van der Waals surface area contributed by atoms with E-state index in [1.807, 2.05) is 36.4 Å². The number of aryl methyl sites for hydroxylation is 2. The van der Waals surface area contributed by atoms with E-state index in [4.69, 9.17) is 0 Å². The van der Waals surface area contributed by atoms with Crippen molar-refractivity contribution in [3.63, 3.8) is 0 Å². The van der Waals surface area contributed by atoms with E-state index in [1.165, 1.54) is 11.1 Å². The van der Waals surface area contributed by atoms with Gasteiger partial charge in [0.2, 0.25) is 0 Å². The van der Waals surface area contributed by atoms with Crippen molar-refractivity contribution < 1.29 is 4.79 Å². The zero-order valence-corrected chi connectivity index (χ0v) is 18.5. The van der Waals surface area contributed by atoms with Gasteiger partial charge in [0.1, 0.15) is 0 Å². The third-order valence-corrected chi connectivity index (χ3v) is 5.73. The number of benzene rings is 3. The summed E-state index contributed by atoms with van der Waals surface area (Å²) in [5.74, 6) is 0.117. The van der Waals surface area contributed by atoms with Crippen molar-refractivity contribution >= 4 is 43.3 Å². The van der Waals surface area contributed by atoms with E-state index in [0.717, 1.165) is 25.8 Å². The average Bonchev–Trinajstić information content (AvgIpc) is 2.65. The maximum Gasteiger partial charge on any atom is 0.165 e. The largest absolute Gasteiger partial charge is 0.378 e. The smallest absolute Gasteiger partial charge is 0.165 e. The van der Waals surface area contributed by atoms with Crippen molar-refractivity contribution in [1.82, 2.24) is 0 Å². The molecule has 0 amide bonds. The Balaban J connectivity index is 1.86. The summed E-state index contributed by atoms with van der Waals surface area (Å²) >= 11 is 6.90. The molecule has 0 fully saturated rings. The van der Waals surface area contributed by atoms with E-state index in [2.05, 4.69) is 81.4 Å². The molecule has 4 heteroatoms. The Morgan fingerprint density at radius 2 is 1.44 bits per heavy atom. The molecular formula is C23H21Br2NO. The zero-order chi connectivity index (χ0) is 19.4. The van der Waals surface area contributed by atoms with Crippen molar-refractivity contribution in [2.75, 3.05) is 5.32 Å². The number of hydrogen-bond donors (Lipinski definition) is 1. The number of rotatable bonds is 6. The summed E-state index contributed by atoms with van der Waals surface area (Å²) < 4.78 is 1.99. The normalized spacial score (nSPS) is 11.9. The van der Waals surface area contributed by atoms with Crippen LogP contribution < -0.4 is 5.32 Å². The van der Waals surface area contributed by atoms with Gasteiger partial charge in [-0.15, -0.1) is 0 Å². The number of carbonyl (C=O) groups excluding carboxylic acids is 1. The SMILES string of the molecule is Cc1ccc(NC(CC(=O)c2ccc(Br)cc2)c2ccc(Br)cc2)cc1C. The van der Waals surface area contributed by atoms with Gasteiger partial charge in [0, 0.05) is 26.6 Å². The molecular weight excluding hydrogens is 466 g/mol. The van der Waals surface area contributed by atoms with Crippen LogP contribution in [0.15, 0.2) is 75.7 Å². The minimum Gasteiger partial charge on any atom is -0.378 e. The van der Waals surface area contributed by atoms with Crippen LogP contribution in [0.25, 0.3) is 0 Å². The van der Waals surface area contributed by atoms with E-state index in [-0.39, 0.29) is 11.8 Å². The number of halogens is 2. The van der Waals surface area contributed by atoms with Crippen LogP contribution in [0.1, 0.15) is 39.5 Å². The molecule has 1 N–H and O–H groups in total. The molecule has 27 heavy (non-hydrogen) atoms. The topological polar surface area (TPSA) is 29.1 Å². The monoisotopic (exact) mass is 485 g/mol. The van der Waals surface area contributed by atoms with Crippen molar-refractivity contribution in [2.24, 2.45) is 0 Å². The molecule has 0 bridgehead atoms. The van der Waals surface area contributed by atoms with Gasteiger partial charge in [-0.1, -0.05) is 62.2 Å². The molecule has 3 aromatic rings. The Morgan fingerprint density at radius 1 is 0.852 bits per heavy atom. The van der Waals surface area contributed by atoms with Crippen LogP contribution in [0, 0.1) is 13.8 Å². The van der Waals surface area contributed by atoms with Gasteiger partial charge in [0.15, 0.2) is 5.78 Å². The lowest BCUT2D eigenvalue weighted by Crippen LogP contribution is -2.16. The highest BCUT2D eigenvalue weighted by atomic mass is 79.9. The van der Waals surface area contributed by atoms with Crippen molar-refractivity contribution in [3.8, 4) is 0 Å². The lowest BCUT2D eigenvalue weighted by Gasteiger charge is -2.21. The van der Waals surface area contributed by atoms with Gasteiger partial charge in [0.05, 0.1) is 6.04 Å². The molecule has 1 unspecified atom stereocenters. The van der Waals surface area contributed by atoms with Crippen molar-refractivity contribution in [1.29, 1.82) is 0 Å². The van der Waals surface area contributed by atoms with Crippen LogP contribution in [0.2, 0.25) is 0 Å². The molecule has 0 radical (unpaired) electrons. The minimum absolute atomic E-state index is 0.101. The van der Waals surface area contributed by atoms with Gasteiger partial charge < -0.3 is 5.32 Å². The molecule has 138 valence electrons. The first-order valence-corrected chi connectivity index (χ1v) is 10.4. The lowest BCUT2D eigenvalue weighted by molar-refractivity contribution is 0.0976. The minimum atomic E-state index is -0.101. The van der Waals surface area contributed by atoms with E-state index < -0.39 is 0 Å². The highest BCUT2D eigenvalue weighted by Crippen LogP contribution is 2.27. The first-order valence-electron chi connectivity index (χ1n) is 8.80. The standard InChI is InChI=1S/C23H21Br2NO/c1-15-3-12-21(13-16(15)2)26-22(17-4-8-19(24)9-5-17)14-23(27)18-6-10-20(25)11-7-18/h3-13,22,26H,14H2,1-2H3. The fourth-order valence-corrected chi connectivity index (χ4v) is 3.45. The lowest BCUT2D eigenvalue weighted by atomic mass is 9.97. The molecule has 0 saturated carbocycles. The molecule has 0 aliphatic carbocycles. The highest BCUT2D eigenvalue weighted by Gasteiger charge is 2.18. The van der Waals surface area contributed by atoms with Gasteiger partial charge in [0.25, 0.3) is 0 Å². The van der Waals surface area contributed by atoms with Gasteiger partial charge in [-0.05, 0) is 66.9 Å². The molecule has 2 nitrogen and oxygen atoms in total. The van der Waals surface area contributed by atoms with Gasteiger partial charge >= 0.3 is 0 Å². The quantitative estimate of drug-likeness (QED) is 0.371. The molecule has 1 atom stereocenters. The Labute approximate surface area is 177 Å². The van der Waals surface area contributed by atoms with Crippen molar-refractivity contribution in [3.05, 3.63) is 97.9 Å². The Morgan fingerprint density at radius 3 is 2.04 bits per heavy atom. The first-order chi connectivity index (χ1) is 12.9. The third kappa shape index (κ3) is 5.30. The number of nitrogens with one attached hydrogen (secondary N) is 1. The van der Waals surface area contributed by atoms with E-state index in [1.54, 1.807) is 0 Å². The zero-order valence-electron chi connectivity index (χ0n) is 15.3. The molecule has 3 aromatic carbocycles. The Bertz CT molecular complexity index is 934. The second-order valence-corrected chi connectivity index (χ2v) is 8.51. The highest BCUT2D eigenvalue weighted by molar-refractivity contribution is 9.10. The Kier molecular flexibility index (Phi) is 6.51. The summed E-state index contributed by atoms with van der Waals surface area (Å²) in [5, 5.41) is 3.55. The summed E-state index contributed by atoms with van der Waals surface area (Å²) in [7, 11) is 0. The molecule has 3 rings (SSSR count). The van der Waals surface area contributed by atoms with E-state index in [0.29, 0.717) is 6.42 Å². The fourth-order valence-electron chi connectivity index (χ4n) is 2.92. The maximum atomic E-state index is 12.9. The predicted molar refractivity (Wildman–Crippen MR) is 120 cm³/mol. The summed E-state index contributed by atoms with van der Waals surface area (Å²) in [6, 6.07) is 21.9. The number of ketones is 1. The summed E-state index contributed by atoms with van der Waals surface area (Å²) in [4.78, 5) is 12.9. The number of carbonyl (C=O) groups is 1. The van der Waals surface area contributed by atoms with E-state index >= 15 is 0 Å². The average molecular weight is 487 g/mol. The summed E-state index contributed by atoms with van der Waals surface area (Å²) in [5.41, 5.74) is 5.32. The van der Waals surface area contributed by atoms with E-state index in [9.17, 15) is 4.79 Å². The predicted octanol–water partition coefficient (Wildman–Crippen LogP) is 7.25. The van der Waals surface area contributed by atoms with Crippen LogP contribution >= 0.6 is 31.9 Å². The second kappa shape index (κ2) is 8.85. The summed E-state index contributed by atoms with van der Waals surface area (Å²) in [6.45, 7) is 4.20. The molecule has 0 aliphatic rings. The van der Waals surface area contributed by atoms with Crippen LogP contribution in [-0.4, -0.2) is 5.78 Å². The number of Topliss-reactive ketones (excluding diaryl/α,β-unsaturated/α-hetero) is 1. The van der Waals surface area contributed by atoms with Crippen LogP contribution in [0.5, 0.6) is 0 Å². The Hall–Kier alpha value is -1.91. The second-order valence-electron chi connectivity index (χ2n) is 6.68. The molecule has 0 aromatic heterocycles. The first kappa shape index (κ1) is 19.8. The molecule has 0 saturated heterocycles. The molecule has 0 heterocycles. The van der Waals surface area contributed by atoms with Gasteiger partial charge in [-0.2, -0.15) is 0 Å². The van der Waals surface area contributed by atoms with Crippen LogP contribution in [0.3, 0.4) is 0 Å². The third-order valence-electron chi connectivity index (χ3n) is 4.68. The molecule has 0 aliphatic heterocycles. The maximum absolute atomic E-state index is 12.9. The number of anilines is 1. The van der Waals surface area contributed by atoms with Crippen molar-refractivity contribution in [2.45, 2.75) is 26.3 Å². The molecule has 0 spiro atoms. The van der Waals surface area contributed by atoms with Gasteiger partial charge in [-0.3, -0.25) is 4.79 Å². The number of hydrogen-bond acceptors (Lipinski definition) is 2. The van der Waals surface area contributed by atoms with Crippen LogP contribution in [-0.2, 0) is 0 Å². The van der Waals surface area contributed by atoms with Crippen LogP contribution in [0.4, 0.5) is 5.69 Å². The fraction of sp³-hybridized carbons (Fsp3) is 0.174. The van der Waals surface area contributed by atoms with Gasteiger partial charge in [-0.25, -0.2) is 0 Å².